The number of para-hydroxylation sites is 1. The standard InChI is InChI=1S/C23H24ClN5/c1-26-18-10-12-29(13-11-18)22-19-4-2-3-5-21(19)28-23(20(22)14-25)27-15-16-6-8-17(24)9-7-16/h2-9,18,26H,10-13,15H2,1H3,(H,27,28). The van der Waals surface area contributed by atoms with Gasteiger partial charge in [-0.25, -0.2) is 4.98 Å². The molecule has 0 unspecified atom stereocenters. The Balaban J connectivity index is 1.71. The monoisotopic (exact) mass is 405 g/mol. The molecule has 1 aliphatic rings. The molecule has 2 N–H and O–H groups in total. The molecule has 0 saturated carbocycles. The van der Waals surface area contributed by atoms with Crippen molar-refractivity contribution in [1.82, 2.24) is 10.3 Å². The van der Waals surface area contributed by atoms with Crippen molar-refractivity contribution in [3.05, 3.63) is 64.7 Å². The SMILES string of the molecule is CNC1CCN(c2c(C#N)c(NCc3ccc(Cl)cc3)nc3ccccc23)CC1. The predicted molar refractivity (Wildman–Crippen MR) is 120 cm³/mol. The van der Waals surface area contributed by atoms with Gasteiger partial charge in [0.2, 0.25) is 0 Å². The van der Waals surface area contributed by atoms with Crippen LogP contribution in [0, 0.1) is 11.3 Å². The van der Waals surface area contributed by atoms with E-state index >= 15 is 0 Å². The number of nitriles is 1. The molecule has 5 nitrogen and oxygen atoms in total. The molecular formula is C23H24ClN5. The molecule has 148 valence electrons. The fourth-order valence-electron chi connectivity index (χ4n) is 3.94. The first-order chi connectivity index (χ1) is 14.2. The summed E-state index contributed by atoms with van der Waals surface area (Å²) in [5.41, 5.74) is 3.59. The van der Waals surface area contributed by atoms with Crippen LogP contribution in [0.1, 0.15) is 24.0 Å². The van der Waals surface area contributed by atoms with Crippen molar-refractivity contribution >= 4 is 34.0 Å². The first kappa shape index (κ1) is 19.5. The van der Waals surface area contributed by atoms with E-state index in [0.717, 1.165) is 48.1 Å². The van der Waals surface area contributed by atoms with Crippen LogP contribution >= 0.6 is 11.6 Å². The Kier molecular flexibility index (Phi) is 5.84. The number of aromatic nitrogens is 1. The summed E-state index contributed by atoms with van der Waals surface area (Å²) in [6.45, 7) is 2.42. The minimum atomic E-state index is 0.535. The van der Waals surface area contributed by atoms with Crippen LogP contribution in [-0.2, 0) is 6.54 Å². The van der Waals surface area contributed by atoms with Crippen LogP contribution in [0.25, 0.3) is 10.9 Å². The second kappa shape index (κ2) is 8.69. The van der Waals surface area contributed by atoms with Gasteiger partial charge in [0.1, 0.15) is 17.5 Å². The molecule has 2 heterocycles. The van der Waals surface area contributed by atoms with Gasteiger partial charge in [-0.1, -0.05) is 41.9 Å². The Bertz CT molecular complexity index is 1030. The van der Waals surface area contributed by atoms with Gasteiger partial charge in [-0.05, 0) is 43.7 Å². The maximum absolute atomic E-state index is 10.0. The van der Waals surface area contributed by atoms with E-state index in [4.69, 9.17) is 16.6 Å². The molecule has 4 rings (SSSR count). The second-order valence-electron chi connectivity index (χ2n) is 7.34. The van der Waals surface area contributed by atoms with Crippen molar-refractivity contribution < 1.29 is 0 Å². The largest absolute Gasteiger partial charge is 0.370 e. The van der Waals surface area contributed by atoms with Crippen molar-refractivity contribution in [2.75, 3.05) is 30.4 Å². The molecule has 3 aromatic rings. The number of halogens is 1. The minimum absolute atomic E-state index is 0.535. The number of anilines is 2. The molecule has 1 saturated heterocycles. The summed E-state index contributed by atoms with van der Waals surface area (Å²) in [6.07, 6.45) is 2.12. The highest BCUT2D eigenvalue weighted by Gasteiger charge is 2.24. The first-order valence-electron chi connectivity index (χ1n) is 9.93. The van der Waals surface area contributed by atoms with Gasteiger partial charge in [-0.3, -0.25) is 0 Å². The third-order valence-electron chi connectivity index (χ3n) is 5.57. The van der Waals surface area contributed by atoms with Gasteiger partial charge in [0.25, 0.3) is 0 Å². The van der Waals surface area contributed by atoms with Crippen LogP contribution in [0.3, 0.4) is 0 Å². The van der Waals surface area contributed by atoms with E-state index in [1.165, 1.54) is 0 Å². The zero-order valence-electron chi connectivity index (χ0n) is 16.5. The van der Waals surface area contributed by atoms with Crippen LogP contribution < -0.4 is 15.5 Å². The number of hydrogen-bond acceptors (Lipinski definition) is 5. The Morgan fingerprint density at radius 2 is 1.86 bits per heavy atom. The van der Waals surface area contributed by atoms with Crippen LogP contribution in [0.4, 0.5) is 11.5 Å². The van der Waals surface area contributed by atoms with Crippen molar-refractivity contribution in [3.63, 3.8) is 0 Å². The second-order valence-corrected chi connectivity index (χ2v) is 7.78. The summed E-state index contributed by atoms with van der Waals surface area (Å²) >= 11 is 5.98. The Morgan fingerprint density at radius 3 is 2.55 bits per heavy atom. The summed E-state index contributed by atoms with van der Waals surface area (Å²) in [5, 5.41) is 18.5. The van der Waals surface area contributed by atoms with Crippen LogP contribution in [0.15, 0.2) is 48.5 Å². The maximum Gasteiger partial charge on any atom is 0.147 e. The summed E-state index contributed by atoms with van der Waals surface area (Å²) < 4.78 is 0. The topological polar surface area (TPSA) is 64.0 Å². The summed E-state index contributed by atoms with van der Waals surface area (Å²) in [7, 11) is 2.02. The van der Waals surface area contributed by atoms with Gasteiger partial charge in [-0.2, -0.15) is 5.26 Å². The molecule has 0 spiro atoms. The van der Waals surface area contributed by atoms with Crippen LogP contribution in [0.5, 0.6) is 0 Å². The number of nitrogens with zero attached hydrogens (tertiary/aromatic N) is 3. The molecule has 0 atom stereocenters. The third-order valence-corrected chi connectivity index (χ3v) is 5.82. The average molecular weight is 406 g/mol. The van der Waals surface area contributed by atoms with Crippen molar-refractivity contribution in [3.8, 4) is 6.07 Å². The van der Waals surface area contributed by atoms with Gasteiger partial charge in [0.15, 0.2) is 0 Å². The molecule has 2 aromatic carbocycles. The fourth-order valence-corrected chi connectivity index (χ4v) is 4.06. The molecule has 0 amide bonds. The Hall–Kier alpha value is -2.81. The molecule has 6 heteroatoms. The van der Waals surface area contributed by atoms with E-state index in [2.05, 4.69) is 27.7 Å². The lowest BCUT2D eigenvalue weighted by atomic mass is 10.0. The van der Waals surface area contributed by atoms with Gasteiger partial charge in [0, 0.05) is 36.1 Å². The molecule has 0 radical (unpaired) electrons. The summed E-state index contributed by atoms with van der Waals surface area (Å²) in [6, 6.07) is 18.7. The summed E-state index contributed by atoms with van der Waals surface area (Å²) in [5.74, 6) is 0.631. The molecule has 1 aliphatic heterocycles. The highest BCUT2D eigenvalue weighted by molar-refractivity contribution is 6.30. The third kappa shape index (κ3) is 4.14. The minimum Gasteiger partial charge on any atom is -0.370 e. The number of nitrogens with one attached hydrogen (secondary N) is 2. The molecule has 1 fully saturated rings. The lowest BCUT2D eigenvalue weighted by molar-refractivity contribution is 0.443. The molecule has 1 aromatic heterocycles. The van der Waals surface area contributed by atoms with E-state index in [9.17, 15) is 5.26 Å². The maximum atomic E-state index is 10.0. The van der Waals surface area contributed by atoms with Crippen LogP contribution in [0.2, 0.25) is 5.02 Å². The zero-order chi connectivity index (χ0) is 20.2. The van der Waals surface area contributed by atoms with Gasteiger partial charge < -0.3 is 15.5 Å². The normalized spacial score (nSPS) is 14.7. The Labute approximate surface area is 176 Å². The van der Waals surface area contributed by atoms with Crippen molar-refractivity contribution in [2.45, 2.75) is 25.4 Å². The van der Waals surface area contributed by atoms with Gasteiger partial charge >= 0.3 is 0 Å². The lowest BCUT2D eigenvalue weighted by Crippen LogP contribution is -2.41. The number of benzene rings is 2. The van der Waals surface area contributed by atoms with E-state index in [1.54, 1.807) is 0 Å². The van der Waals surface area contributed by atoms with E-state index in [0.29, 0.717) is 29.0 Å². The number of hydrogen-bond donors (Lipinski definition) is 2. The first-order valence-corrected chi connectivity index (χ1v) is 10.3. The molecular weight excluding hydrogens is 382 g/mol. The van der Waals surface area contributed by atoms with Crippen molar-refractivity contribution in [2.24, 2.45) is 0 Å². The lowest BCUT2D eigenvalue weighted by Gasteiger charge is -2.35. The highest BCUT2D eigenvalue weighted by atomic mass is 35.5. The quantitative estimate of drug-likeness (QED) is 0.651. The zero-order valence-corrected chi connectivity index (χ0v) is 17.2. The van der Waals surface area contributed by atoms with Gasteiger partial charge in [0.05, 0.1) is 11.2 Å². The Morgan fingerprint density at radius 1 is 1.14 bits per heavy atom. The smallest absolute Gasteiger partial charge is 0.147 e. The average Bonchev–Trinajstić information content (AvgIpc) is 2.77. The molecule has 0 aliphatic carbocycles. The molecule has 29 heavy (non-hydrogen) atoms. The van der Waals surface area contributed by atoms with E-state index in [-0.39, 0.29) is 0 Å². The molecule has 0 bridgehead atoms. The van der Waals surface area contributed by atoms with Crippen LogP contribution in [-0.4, -0.2) is 31.2 Å². The number of pyridine rings is 1. The van der Waals surface area contributed by atoms with Gasteiger partial charge in [-0.15, -0.1) is 0 Å². The number of rotatable bonds is 5. The summed E-state index contributed by atoms with van der Waals surface area (Å²) in [4.78, 5) is 7.10. The predicted octanol–water partition coefficient (Wildman–Crippen LogP) is 4.56. The number of fused-ring (bicyclic) bond motifs is 1. The fraction of sp³-hybridized carbons (Fsp3) is 0.304. The number of piperidine rings is 1. The van der Waals surface area contributed by atoms with E-state index in [1.807, 2.05) is 49.5 Å². The van der Waals surface area contributed by atoms with E-state index < -0.39 is 0 Å². The highest BCUT2D eigenvalue weighted by Crippen LogP contribution is 2.35. The van der Waals surface area contributed by atoms with Crippen molar-refractivity contribution in [1.29, 1.82) is 5.26 Å².